The third kappa shape index (κ3) is 2.44. The van der Waals surface area contributed by atoms with E-state index in [1.807, 2.05) is 6.07 Å². The van der Waals surface area contributed by atoms with Crippen molar-refractivity contribution in [1.29, 1.82) is 0 Å². The Bertz CT molecular complexity index is 849. The maximum atomic E-state index is 12.1. The highest BCUT2D eigenvalue weighted by molar-refractivity contribution is 5.96. The molecule has 0 aliphatic carbocycles. The average molecular weight is 326 g/mol. The number of rotatable bonds is 2. The van der Waals surface area contributed by atoms with Crippen LogP contribution >= 0.6 is 0 Å². The number of hydrogen-bond donors (Lipinski definition) is 1. The molecule has 2 heterocycles. The molecule has 1 N–H and O–H groups in total. The number of carbonyl (C=O) groups is 1. The Morgan fingerprint density at radius 3 is 2.62 bits per heavy atom. The van der Waals surface area contributed by atoms with E-state index >= 15 is 0 Å². The molecular formula is C17H14N2O5. The van der Waals surface area contributed by atoms with Gasteiger partial charge in [-0.3, -0.25) is 14.9 Å². The number of ether oxygens (including phenoxy) is 2. The van der Waals surface area contributed by atoms with Crippen LogP contribution in [0, 0.1) is 10.1 Å². The molecule has 4 rings (SSSR count). The molecule has 0 unspecified atom stereocenters. The normalized spacial score (nSPS) is 18.5. The van der Waals surface area contributed by atoms with Crippen LogP contribution in [0.4, 0.5) is 11.4 Å². The van der Waals surface area contributed by atoms with Gasteiger partial charge in [-0.25, -0.2) is 0 Å². The minimum atomic E-state index is -0.433. The second-order valence-electron chi connectivity index (χ2n) is 5.74. The van der Waals surface area contributed by atoms with E-state index in [0.717, 1.165) is 11.1 Å². The van der Waals surface area contributed by atoms with Crippen LogP contribution in [-0.2, 0) is 4.79 Å². The van der Waals surface area contributed by atoms with Gasteiger partial charge in [-0.05, 0) is 17.2 Å². The Morgan fingerprint density at radius 2 is 1.88 bits per heavy atom. The van der Waals surface area contributed by atoms with Crippen molar-refractivity contribution in [3.05, 3.63) is 57.6 Å². The Hall–Kier alpha value is -3.09. The third-order valence-electron chi connectivity index (χ3n) is 4.24. The molecule has 0 saturated carbocycles. The highest BCUT2D eigenvalue weighted by Gasteiger charge is 2.30. The molecule has 7 heteroatoms. The van der Waals surface area contributed by atoms with Crippen LogP contribution < -0.4 is 14.8 Å². The van der Waals surface area contributed by atoms with Crippen molar-refractivity contribution in [3.8, 4) is 11.5 Å². The standard InChI is InChI=1S/C17H14N2O5/c20-17-8-12(10-2-1-3-11(6-10)19(21)22)13-7-15-16(9-14(13)18-17)24-5-4-23-15/h1-3,6-7,9,12H,4-5,8H2,(H,18,20)/t12-/m0/s1. The van der Waals surface area contributed by atoms with Crippen molar-refractivity contribution < 1.29 is 19.2 Å². The second kappa shape index (κ2) is 5.52. The Labute approximate surface area is 137 Å². The number of carbonyl (C=O) groups excluding carboxylic acids is 1. The molecular weight excluding hydrogens is 312 g/mol. The van der Waals surface area contributed by atoms with Gasteiger partial charge in [0.25, 0.3) is 5.69 Å². The molecule has 7 nitrogen and oxygen atoms in total. The van der Waals surface area contributed by atoms with E-state index in [4.69, 9.17) is 9.47 Å². The maximum absolute atomic E-state index is 12.1. The monoisotopic (exact) mass is 326 g/mol. The smallest absolute Gasteiger partial charge is 0.269 e. The van der Waals surface area contributed by atoms with E-state index in [-0.39, 0.29) is 23.9 Å². The molecule has 0 spiro atoms. The molecule has 1 amide bonds. The lowest BCUT2D eigenvalue weighted by Crippen LogP contribution is -2.24. The zero-order chi connectivity index (χ0) is 16.7. The van der Waals surface area contributed by atoms with Gasteiger partial charge in [0, 0.05) is 36.2 Å². The topological polar surface area (TPSA) is 90.7 Å². The van der Waals surface area contributed by atoms with Gasteiger partial charge < -0.3 is 14.8 Å². The first kappa shape index (κ1) is 14.5. The summed E-state index contributed by atoms with van der Waals surface area (Å²) in [7, 11) is 0. The van der Waals surface area contributed by atoms with Crippen LogP contribution in [0.15, 0.2) is 36.4 Å². The average Bonchev–Trinajstić information content (AvgIpc) is 2.59. The molecule has 0 bridgehead atoms. The Morgan fingerprint density at radius 1 is 1.12 bits per heavy atom. The van der Waals surface area contributed by atoms with Crippen LogP contribution in [0.2, 0.25) is 0 Å². The number of nitro groups is 1. The van der Waals surface area contributed by atoms with E-state index < -0.39 is 4.92 Å². The van der Waals surface area contributed by atoms with E-state index in [1.54, 1.807) is 18.2 Å². The van der Waals surface area contributed by atoms with Crippen LogP contribution in [0.3, 0.4) is 0 Å². The predicted molar refractivity (Wildman–Crippen MR) is 85.6 cm³/mol. The quantitative estimate of drug-likeness (QED) is 0.677. The summed E-state index contributed by atoms with van der Waals surface area (Å²) in [5.41, 5.74) is 2.28. The highest BCUT2D eigenvalue weighted by atomic mass is 16.6. The van der Waals surface area contributed by atoms with E-state index in [1.165, 1.54) is 12.1 Å². The molecule has 1 atom stereocenters. The zero-order valence-corrected chi connectivity index (χ0v) is 12.7. The minimum Gasteiger partial charge on any atom is -0.486 e. The third-order valence-corrected chi connectivity index (χ3v) is 4.24. The molecule has 0 saturated heterocycles. The number of nitrogens with one attached hydrogen (secondary N) is 1. The van der Waals surface area contributed by atoms with Gasteiger partial charge >= 0.3 is 0 Å². The summed E-state index contributed by atoms with van der Waals surface area (Å²) in [6.45, 7) is 0.938. The number of non-ortho nitro benzene ring substituents is 1. The molecule has 0 aromatic heterocycles. The van der Waals surface area contributed by atoms with Crippen LogP contribution in [-0.4, -0.2) is 24.0 Å². The SMILES string of the molecule is O=C1C[C@@H](c2cccc([N+](=O)[O-])c2)c2cc3c(cc2N1)OCCO3. The number of hydrogen-bond acceptors (Lipinski definition) is 5. The lowest BCUT2D eigenvalue weighted by atomic mass is 9.84. The summed E-state index contributed by atoms with van der Waals surface area (Å²) in [4.78, 5) is 22.7. The predicted octanol–water partition coefficient (Wildman–Crippen LogP) is 2.84. The van der Waals surface area contributed by atoms with Gasteiger partial charge in [0.15, 0.2) is 11.5 Å². The Balaban J connectivity index is 1.82. The van der Waals surface area contributed by atoms with Crippen LogP contribution in [0.5, 0.6) is 11.5 Å². The fraction of sp³-hybridized carbons (Fsp3) is 0.235. The van der Waals surface area contributed by atoms with E-state index in [9.17, 15) is 14.9 Å². The largest absolute Gasteiger partial charge is 0.486 e. The zero-order valence-electron chi connectivity index (χ0n) is 12.7. The highest BCUT2D eigenvalue weighted by Crippen LogP contribution is 2.44. The van der Waals surface area contributed by atoms with Gasteiger partial charge in [-0.15, -0.1) is 0 Å². The number of nitrogens with zero attached hydrogens (tertiary/aromatic N) is 1. The summed E-state index contributed by atoms with van der Waals surface area (Å²) in [5.74, 6) is 0.840. The number of fused-ring (bicyclic) bond motifs is 2. The fourth-order valence-corrected chi connectivity index (χ4v) is 3.15. The fourth-order valence-electron chi connectivity index (χ4n) is 3.15. The van der Waals surface area contributed by atoms with Crippen molar-refractivity contribution in [3.63, 3.8) is 0 Å². The Kier molecular flexibility index (Phi) is 3.34. The molecule has 122 valence electrons. The van der Waals surface area contributed by atoms with Gasteiger partial charge in [-0.1, -0.05) is 12.1 Å². The molecule has 0 radical (unpaired) electrons. The van der Waals surface area contributed by atoms with Crippen LogP contribution in [0.1, 0.15) is 23.5 Å². The second-order valence-corrected chi connectivity index (χ2v) is 5.74. The van der Waals surface area contributed by atoms with Crippen molar-refractivity contribution >= 4 is 17.3 Å². The molecule has 2 aliphatic heterocycles. The first-order chi connectivity index (χ1) is 11.6. The lowest BCUT2D eigenvalue weighted by molar-refractivity contribution is -0.384. The number of benzene rings is 2. The molecule has 2 aromatic rings. The number of amides is 1. The van der Waals surface area contributed by atoms with Crippen molar-refractivity contribution in [2.75, 3.05) is 18.5 Å². The van der Waals surface area contributed by atoms with E-state index in [0.29, 0.717) is 30.4 Å². The summed E-state index contributed by atoms with van der Waals surface area (Å²) < 4.78 is 11.2. The van der Waals surface area contributed by atoms with Gasteiger partial charge in [0.1, 0.15) is 13.2 Å². The van der Waals surface area contributed by atoms with Crippen molar-refractivity contribution in [2.45, 2.75) is 12.3 Å². The van der Waals surface area contributed by atoms with E-state index in [2.05, 4.69) is 5.32 Å². The molecule has 2 aromatic carbocycles. The first-order valence-electron chi connectivity index (χ1n) is 7.59. The number of anilines is 1. The summed E-state index contributed by atoms with van der Waals surface area (Å²) in [6.07, 6.45) is 0.230. The van der Waals surface area contributed by atoms with Crippen molar-refractivity contribution in [1.82, 2.24) is 0 Å². The summed E-state index contributed by atoms with van der Waals surface area (Å²) >= 11 is 0. The summed E-state index contributed by atoms with van der Waals surface area (Å²) in [6, 6.07) is 10.0. The molecule has 24 heavy (non-hydrogen) atoms. The van der Waals surface area contributed by atoms with Gasteiger partial charge in [0.2, 0.25) is 5.91 Å². The maximum Gasteiger partial charge on any atom is 0.269 e. The van der Waals surface area contributed by atoms with Gasteiger partial charge in [0.05, 0.1) is 4.92 Å². The molecule has 2 aliphatic rings. The van der Waals surface area contributed by atoms with Gasteiger partial charge in [-0.2, -0.15) is 0 Å². The van der Waals surface area contributed by atoms with Crippen molar-refractivity contribution in [2.24, 2.45) is 0 Å². The van der Waals surface area contributed by atoms with Crippen LogP contribution in [0.25, 0.3) is 0 Å². The minimum absolute atomic E-state index is 0.0116. The lowest BCUT2D eigenvalue weighted by Gasteiger charge is -2.28. The molecule has 0 fully saturated rings. The first-order valence-corrected chi connectivity index (χ1v) is 7.59. The summed E-state index contributed by atoms with van der Waals surface area (Å²) in [5, 5.41) is 13.9. The number of nitro benzene ring substituents is 1.